The Morgan fingerprint density at radius 3 is 2.26 bits per heavy atom. The highest BCUT2D eigenvalue weighted by Crippen LogP contribution is 2.07. The Balaban J connectivity index is 2.05. The van der Waals surface area contributed by atoms with E-state index in [0.29, 0.717) is 5.56 Å². The maximum absolute atomic E-state index is 13.5. The van der Waals surface area contributed by atoms with Crippen molar-refractivity contribution >= 4 is 12.4 Å². The lowest BCUT2D eigenvalue weighted by Crippen LogP contribution is -1.88. The number of hydrogen-bond acceptors (Lipinski definition) is 2. The highest BCUT2D eigenvalue weighted by atomic mass is 19.1. The number of rotatable bonds is 3. The Hall–Kier alpha value is -2.36. The van der Waals surface area contributed by atoms with Crippen molar-refractivity contribution in [2.45, 2.75) is 6.92 Å². The van der Waals surface area contributed by atoms with Crippen LogP contribution in [0.5, 0.6) is 0 Å². The first-order valence-electron chi connectivity index (χ1n) is 5.73. The van der Waals surface area contributed by atoms with Crippen molar-refractivity contribution in [2.75, 3.05) is 0 Å². The quantitative estimate of drug-likeness (QED) is 0.592. The van der Waals surface area contributed by atoms with Gasteiger partial charge < -0.3 is 0 Å². The van der Waals surface area contributed by atoms with E-state index in [-0.39, 0.29) is 11.6 Å². The van der Waals surface area contributed by atoms with Gasteiger partial charge in [0.05, 0.1) is 12.4 Å². The zero-order valence-corrected chi connectivity index (χ0v) is 10.3. The van der Waals surface area contributed by atoms with Gasteiger partial charge in [0.2, 0.25) is 0 Å². The monoisotopic (exact) mass is 258 g/mol. The van der Waals surface area contributed by atoms with E-state index in [1.54, 1.807) is 24.3 Å². The molecule has 0 unspecified atom stereocenters. The zero-order valence-electron chi connectivity index (χ0n) is 10.3. The number of aryl methyl sites for hydroxylation is 1. The van der Waals surface area contributed by atoms with Crippen LogP contribution in [0.1, 0.15) is 16.7 Å². The molecule has 0 amide bonds. The Bertz CT molecular complexity index is 617. The summed E-state index contributed by atoms with van der Waals surface area (Å²) >= 11 is 0. The predicted molar refractivity (Wildman–Crippen MR) is 72.7 cm³/mol. The maximum atomic E-state index is 13.5. The molecule has 2 aromatic carbocycles. The maximum Gasteiger partial charge on any atom is 0.132 e. The summed E-state index contributed by atoms with van der Waals surface area (Å²) in [5.41, 5.74) is 1.95. The van der Waals surface area contributed by atoms with Crippen molar-refractivity contribution in [1.29, 1.82) is 0 Å². The SMILES string of the molecule is Cc1ccc(/C=N/N=C/c2ccc(F)cc2)c(F)c1. The summed E-state index contributed by atoms with van der Waals surface area (Å²) in [5.74, 6) is -0.636. The lowest BCUT2D eigenvalue weighted by molar-refractivity contribution is 0.624. The summed E-state index contributed by atoms with van der Waals surface area (Å²) in [5, 5.41) is 7.55. The van der Waals surface area contributed by atoms with Crippen LogP contribution in [0.2, 0.25) is 0 Å². The van der Waals surface area contributed by atoms with Crippen LogP contribution in [0, 0.1) is 18.6 Å². The summed E-state index contributed by atoms with van der Waals surface area (Å²) in [6.07, 6.45) is 2.82. The van der Waals surface area contributed by atoms with Crippen molar-refractivity contribution < 1.29 is 8.78 Å². The van der Waals surface area contributed by atoms with Crippen LogP contribution in [-0.2, 0) is 0 Å². The van der Waals surface area contributed by atoms with Crippen molar-refractivity contribution in [2.24, 2.45) is 10.2 Å². The third-order valence-corrected chi connectivity index (χ3v) is 2.50. The molecule has 0 spiro atoms. The van der Waals surface area contributed by atoms with Crippen LogP contribution >= 0.6 is 0 Å². The second-order valence-electron chi connectivity index (χ2n) is 4.07. The first-order chi connectivity index (χ1) is 9.15. The van der Waals surface area contributed by atoms with Crippen LogP contribution in [0.3, 0.4) is 0 Å². The van der Waals surface area contributed by atoms with Crippen molar-refractivity contribution in [3.05, 3.63) is 70.8 Å². The fourth-order valence-corrected chi connectivity index (χ4v) is 1.48. The standard InChI is InChI=1S/C15H12F2N2/c1-11-2-5-13(15(17)8-11)10-19-18-9-12-3-6-14(16)7-4-12/h2-10H,1H3/b18-9+,19-10+. The lowest BCUT2D eigenvalue weighted by atomic mass is 10.1. The molecule has 0 aliphatic heterocycles. The molecule has 0 radical (unpaired) electrons. The molecule has 19 heavy (non-hydrogen) atoms. The van der Waals surface area contributed by atoms with Crippen molar-refractivity contribution in [3.8, 4) is 0 Å². The van der Waals surface area contributed by atoms with E-state index in [4.69, 9.17) is 0 Å². The van der Waals surface area contributed by atoms with Gasteiger partial charge in [-0.1, -0.05) is 24.3 Å². The van der Waals surface area contributed by atoms with Crippen LogP contribution in [-0.4, -0.2) is 12.4 Å². The first-order valence-corrected chi connectivity index (χ1v) is 5.73. The van der Waals surface area contributed by atoms with E-state index in [0.717, 1.165) is 11.1 Å². The summed E-state index contributed by atoms with van der Waals surface area (Å²) < 4.78 is 26.1. The van der Waals surface area contributed by atoms with Crippen LogP contribution in [0.4, 0.5) is 8.78 Å². The third-order valence-electron chi connectivity index (χ3n) is 2.50. The summed E-state index contributed by atoms with van der Waals surface area (Å²) in [4.78, 5) is 0. The molecular formula is C15H12F2N2. The normalized spacial score (nSPS) is 11.5. The van der Waals surface area contributed by atoms with E-state index in [2.05, 4.69) is 10.2 Å². The van der Waals surface area contributed by atoms with Gasteiger partial charge in [-0.05, 0) is 36.2 Å². The molecule has 0 atom stereocenters. The van der Waals surface area contributed by atoms with Gasteiger partial charge in [-0.15, -0.1) is 0 Å². The topological polar surface area (TPSA) is 24.7 Å². The van der Waals surface area contributed by atoms with E-state index in [1.807, 2.05) is 6.92 Å². The average Bonchev–Trinajstić information content (AvgIpc) is 2.39. The highest BCUT2D eigenvalue weighted by molar-refractivity contribution is 5.82. The van der Waals surface area contributed by atoms with E-state index >= 15 is 0 Å². The molecule has 4 heteroatoms. The fourth-order valence-electron chi connectivity index (χ4n) is 1.48. The summed E-state index contributed by atoms with van der Waals surface area (Å²) in [7, 11) is 0. The molecule has 0 heterocycles. The number of nitrogens with zero attached hydrogens (tertiary/aromatic N) is 2. The molecule has 0 saturated carbocycles. The number of benzene rings is 2. The van der Waals surface area contributed by atoms with Crippen LogP contribution < -0.4 is 0 Å². The second-order valence-corrected chi connectivity index (χ2v) is 4.07. The predicted octanol–water partition coefficient (Wildman–Crippen LogP) is 3.73. The average molecular weight is 258 g/mol. The first kappa shape index (κ1) is 13.1. The Morgan fingerprint density at radius 2 is 1.58 bits per heavy atom. The molecule has 0 bridgehead atoms. The van der Waals surface area contributed by atoms with Gasteiger partial charge in [-0.3, -0.25) is 0 Å². The van der Waals surface area contributed by atoms with Crippen LogP contribution in [0.15, 0.2) is 52.7 Å². The molecular weight excluding hydrogens is 246 g/mol. The van der Waals surface area contributed by atoms with Gasteiger partial charge in [0.1, 0.15) is 11.6 Å². The largest absolute Gasteiger partial charge is 0.207 e. The Labute approximate surface area is 110 Å². The lowest BCUT2D eigenvalue weighted by Gasteiger charge is -1.96. The van der Waals surface area contributed by atoms with Gasteiger partial charge in [-0.25, -0.2) is 8.78 Å². The molecule has 0 aliphatic carbocycles. The van der Waals surface area contributed by atoms with Gasteiger partial charge in [-0.2, -0.15) is 10.2 Å². The van der Waals surface area contributed by atoms with Gasteiger partial charge in [0.25, 0.3) is 0 Å². The highest BCUT2D eigenvalue weighted by Gasteiger charge is 1.98. The third kappa shape index (κ3) is 3.81. The second kappa shape index (κ2) is 6.00. The Kier molecular flexibility index (Phi) is 4.13. The van der Waals surface area contributed by atoms with E-state index < -0.39 is 0 Å². The molecule has 2 rings (SSSR count). The minimum atomic E-state index is -0.333. The van der Waals surface area contributed by atoms with E-state index in [1.165, 1.54) is 30.6 Å². The van der Waals surface area contributed by atoms with Gasteiger partial charge in [0.15, 0.2) is 0 Å². The molecule has 0 aromatic heterocycles. The minimum absolute atomic E-state index is 0.303. The number of halogens is 2. The van der Waals surface area contributed by atoms with Crippen molar-refractivity contribution in [3.63, 3.8) is 0 Å². The molecule has 2 nitrogen and oxygen atoms in total. The molecule has 0 N–H and O–H groups in total. The molecule has 0 saturated heterocycles. The smallest absolute Gasteiger partial charge is 0.132 e. The molecule has 2 aromatic rings. The van der Waals surface area contributed by atoms with Crippen LogP contribution in [0.25, 0.3) is 0 Å². The summed E-state index contributed by atoms with van der Waals surface area (Å²) in [6.45, 7) is 1.82. The molecule has 0 aliphatic rings. The van der Waals surface area contributed by atoms with Gasteiger partial charge in [0, 0.05) is 5.56 Å². The number of hydrogen-bond donors (Lipinski definition) is 0. The fraction of sp³-hybridized carbons (Fsp3) is 0.0667. The molecule has 96 valence electrons. The van der Waals surface area contributed by atoms with Crippen molar-refractivity contribution in [1.82, 2.24) is 0 Å². The molecule has 0 fully saturated rings. The van der Waals surface area contributed by atoms with E-state index in [9.17, 15) is 8.78 Å². The summed E-state index contributed by atoms with van der Waals surface area (Å²) in [6, 6.07) is 10.7. The zero-order chi connectivity index (χ0) is 13.7. The minimum Gasteiger partial charge on any atom is -0.207 e. The van der Waals surface area contributed by atoms with Gasteiger partial charge >= 0.3 is 0 Å². The Morgan fingerprint density at radius 1 is 0.895 bits per heavy atom.